The molecule has 59 heavy (non-hydrogen) atoms. The summed E-state index contributed by atoms with van der Waals surface area (Å²) in [6, 6.07) is 0. The van der Waals surface area contributed by atoms with Gasteiger partial charge in [-0.05, 0) is 99.2 Å². The number of carbonyl (C=O) groups is 1. The molecule has 7 aliphatic rings. The van der Waals surface area contributed by atoms with Crippen LogP contribution in [0.2, 0.25) is 0 Å². The lowest BCUT2D eigenvalue weighted by molar-refractivity contribution is -0.362. The third-order valence-electron chi connectivity index (χ3n) is 16.5. The summed E-state index contributed by atoms with van der Waals surface area (Å²) in [7, 11) is -5.05. The van der Waals surface area contributed by atoms with Crippen LogP contribution in [0.15, 0.2) is 11.6 Å². The maximum absolute atomic E-state index is 14.4. The molecule has 3 heterocycles. The maximum atomic E-state index is 14.4. The lowest BCUT2D eigenvalue weighted by atomic mass is 9.40. The van der Waals surface area contributed by atoms with E-state index in [0.717, 1.165) is 5.57 Å². The third kappa shape index (κ3) is 6.64. The van der Waals surface area contributed by atoms with E-state index in [2.05, 4.69) is 25.0 Å². The van der Waals surface area contributed by atoms with Gasteiger partial charge in [-0.25, -0.2) is 4.18 Å². The molecule has 8 N–H and O–H groups in total. The Bertz CT molecular complexity index is 1760. The average Bonchev–Trinajstić information content (AvgIpc) is 3.51. The van der Waals surface area contributed by atoms with Gasteiger partial charge in [0.05, 0.1) is 31.0 Å². The predicted molar refractivity (Wildman–Crippen MR) is 205 cm³/mol. The number of carbonyl (C=O) groups excluding carboxylic acids is 1. The summed E-state index contributed by atoms with van der Waals surface area (Å²) in [5, 5.41) is 79.4. The minimum atomic E-state index is -5.05. The van der Waals surface area contributed by atoms with Crippen molar-refractivity contribution in [3.63, 3.8) is 0 Å². The van der Waals surface area contributed by atoms with Gasteiger partial charge in [-0.2, -0.15) is 8.42 Å². The topological polar surface area (TPSA) is 268 Å². The molecule has 19 atom stereocenters. The van der Waals surface area contributed by atoms with Gasteiger partial charge in [0.1, 0.15) is 47.6 Å². The summed E-state index contributed by atoms with van der Waals surface area (Å²) >= 11 is 0. The second-order valence-corrected chi connectivity index (χ2v) is 21.3. The Kier molecular flexibility index (Phi) is 11.7. The molecule has 17 nitrogen and oxygen atoms in total. The fraction of sp³-hybridized carbons (Fsp3) is 0.927. The van der Waals surface area contributed by atoms with Crippen LogP contribution in [0.5, 0.6) is 0 Å². The van der Waals surface area contributed by atoms with Gasteiger partial charge in [-0.1, -0.05) is 53.2 Å². The number of esters is 1. The lowest BCUT2D eigenvalue weighted by Gasteiger charge is -2.64. The zero-order valence-corrected chi connectivity index (χ0v) is 36.1. The molecule has 1 spiro atoms. The van der Waals surface area contributed by atoms with Crippen molar-refractivity contribution in [3.8, 4) is 0 Å². The zero-order chi connectivity index (χ0) is 43.6. The van der Waals surface area contributed by atoms with Gasteiger partial charge in [0.15, 0.2) is 18.2 Å². The first-order chi connectivity index (χ1) is 27.2. The molecule has 0 radical (unpaired) electrons. The van der Waals surface area contributed by atoms with Crippen LogP contribution >= 0.6 is 0 Å². The first-order valence-corrected chi connectivity index (χ1v) is 22.6. The number of hydrogen-bond donors (Lipinski definition) is 8. The van der Waals surface area contributed by atoms with Crippen LogP contribution in [-0.2, 0) is 43.1 Å². The second kappa shape index (κ2) is 15.1. The van der Waals surface area contributed by atoms with E-state index in [1.54, 1.807) is 13.0 Å². The summed E-state index contributed by atoms with van der Waals surface area (Å²) < 4.78 is 67.6. The zero-order valence-electron chi connectivity index (χ0n) is 35.3. The van der Waals surface area contributed by atoms with Crippen molar-refractivity contribution in [3.05, 3.63) is 11.6 Å². The van der Waals surface area contributed by atoms with E-state index in [1.807, 2.05) is 20.8 Å². The number of ether oxygens (including phenoxy) is 5. The Morgan fingerprint density at radius 1 is 0.881 bits per heavy atom. The molecule has 0 aromatic rings. The summed E-state index contributed by atoms with van der Waals surface area (Å²) in [4.78, 5) is 14.4. The highest BCUT2D eigenvalue weighted by Crippen LogP contribution is 2.77. The van der Waals surface area contributed by atoms with Crippen molar-refractivity contribution in [2.75, 3.05) is 6.61 Å². The molecule has 3 saturated carbocycles. The van der Waals surface area contributed by atoms with Crippen molar-refractivity contribution >= 4 is 16.4 Å². The predicted octanol–water partition coefficient (Wildman–Crippen LogP) is 1.27. The summed E-state index contributed by atoms with van der Waals surface area (Å²) in [6.45, 7) is 14.9. The monoisotopic (exact) mass is 862 g/mol. The van der Waals surface area contributed by atoms with E-state index in [9.17, 15) is 53.5 Å². The van der Waals surface area contributed by atoms with Gasteiger partial charge < -0.3 is 59.4 Å². The minimum absolute atomic E-state index is 0.0514. The smallest absolute Gasteiger partial charge is 0.397 e. The fourth-order valence-electron chi connectivity index (χ4n) is 13.1. The molecular weight excluding hydrogens is 797 g/mol. The van der Waals surface area contributed by atoms with E-state index < -0.39 is 129 Å². The maximum Gasteiger partial charge on any atom is 0.397 e. The van der Waals surface area contributed by atoms with E-state index >= 15 is 0 Å². The summed E-state index contributed by atoms with van der Waals surface area (Å²) in [5.74, 6) is -0.638. The molecule has 3 aliphatic heterocycles. The van der Waals surface area contributed by atoms with Crippen LogP contribution in [-0.4, -0.2) is 146 Å². The molecule has 338 valence electrons. The largest absolute Gasteiger partial charge is 0.453 e. The summed E-state index contributed by atoms with van der Waals surface area (Å²) in [5.41, 5.74) is -6.11. The van der Waals surface area contributed by atoms with Crippen molar-refractivity contribution in [2.45, 2.75) is 192 Å². The normalized spacial score (nSPS) is 51.2. The standard InChI is InChI=1S/C41H66O17S/c1-19(2)9-12-25(42)39(8)40(49)16-15-38(7)21-10-11-24-36(4,5)27(13-14-37(24,6)22(21)17-26(43)41(38,40)35(48)57-39)55-34-32(29(45)23(18-53-34)58-59(50,51)52)56-33-31(47)30(46)28(44)20(3)54-33/h17,19-21,23-34,42-47,49H,9-16,18H2,1-8H3,(H,50,51,52)/t20-,21-,23-,24?,25?,26+,27+,28-,29+,30+,31-,32-,33+,34+,37-,38+,39+,40+,41-/m1/s1. The highest BCUT2D eigenvalue weighted by Gasteiger charge is 2.86. The molecular formula is C41H66O17S. The number of cyclic esters (lactones) is 1. The highest BCUT2D eigenvalue weighted by atomic mass is 32.3. The first-order valence-electron chi connectivity index (χ1n) is 21.2. The molecule has 0 aromatic heterocycles. The van der Waals surface area contributed by atoms with E-state index in [4.69, 9.17) is 23.7 Å². The number of fused-ring (bicyclic) bond motifs is 4. The molecule has 7 rings (SSSR count). The van der Waals surface area contributed by atoms with E-state index in [-0.39, 0.29) is 24.2 Å². The van der Waals surface area contributed by atoms with Crippen molar-refractivity contribution < 1.29 is 81.4 Å². The van der Waals surface area contributed by atoms with E-state index in [0.29, 0.717) is 44.9 Å². The molecule has 3 saturated heterocycles. The molecule has 0 amide bonds. The molecule has 0 bridgehead atoms. The Hall–Kier alpha value is -1.36. The quantitative estimate of drug-likeness (QED) is 0.0665. The Morgan fingerprint density at radius 2 is 1.56 bits per heavy atom. The minimum Gasteiger partial charge on any atom is -0.453 e. The second-order valence-electron chi connectivity index (χ2n) is 20.3. The van der Waals surface area contributed by atoms with Crippen LogP contribution in [0.3, 0.4) is 0 Å². The molecule has 6 fully saturated rings. The van der Waals surface area contributed by atoms with E-state index in [1.165, 1.54) is 6.92 Å². The van der Waals surface area contributed by atoms with Crippen molar-refractivity contribution in [2.24, 2.45) is 39.4 Å². The third-order valence-corrected chi connectivity index (χ3v) is 17.0. The Balaban J connectivity index is 1.16. The first kappa shape index (κ1) is 45.7. The summed E-state index contributed by atoms with van der Waals surface area (Å²) in [6.07, 6.45) is -11.2. The van der Waals surface area contributed by atoms with Crippen LogP contribution in [0, 0.1) is 39.4 Å². The molecule has 18 heteroatoms. The fourth-order valence-corrected chi connectivity index (χ4v) is 13.6. The molecule has 4 aliphatic carbocycles. The van der Waals surface area contributed by atoms with Gasteiger partial charge in [0.2, 0.25) is 0 Å². The number of aliphatic hydroxyl groups excluding tert-OH is 6. The van der Waals surface area contributed by atoms with Crippen molar-refractivity contribution in [1.82, 2.24) is 0 Å². The van der Waals surface area contributed by atoms with Gasteiger partial charge in [0, 0.05) is 0 Å². The van der Waals surface area contributed by atoms with Crippen LogP contribution in [0.4, 0.5) is 0 Å². The van der Waals surface area contributed by atoms with Gasteiger partial charge in [-0.3, -0.25) is 9.35 Å². The highest BCUT2D eigenvalue weighted by molar-refractivity contribution is 7.80. The van der Waals surface area contributed by atoms with Crippen LogP contribution < -0.4 is 0 Å². The number of allylic oxidation sites excluding steroid dienone is 1. The SMILES string of the molecule is CC(C)CCC(O)[C@]1(C)OC(=O)[C@]23[C@@H](O)C=C4[C@@H](CCC5C(C)(C)[C@@H](O[C@@H]6OC[C@@H](OS(=O)(=O)O)[C@H](O)[C@H]6O[C@@H]6O[C@H](C)[C@@H](O)[C@H](O)[C@H]6O)CC[C@]45C)[C@]2(C)CC[C@@]31O. The van der Waals surface area contributed by atoms with Gasteiger partial charge >= 0.3 is 16.4 Å². The molecule has 0 aromatic carbocycles. The Morgan fingerprint density at radius 3 is 2.20 bits per heavy atom. The van der Waals surface area contributed by atoms with Gasteiger partial charge in [-0.15, -0.1) is 0 Å². The van der Waals surface area contributed by atoms with Crippen LogP contribution in [0.25, 0.3) is 0 Å². The lowest BCUT2D eigenvalue weighted by Crippen LogP contribution is -2.69. The average molecular weight is 863 g/mol. The number of aliphatic hydroxyl groups is 7. The number of rotatable bonds is 10. The van der Waals surface area contributed by atoms with Crippen molar-refractivity contribution in [1.29, 1.82) is 0 Å². The van der Waals surface area contributed by atoms with Gasteiger partial charge in [0.25, 0.3) is 0 Å². The molecule has 2 unspecified atom stereocenters. The number of hydrogen-bond acceptors (Lipinski definition) is 16. The van der Waals surface area contributed by atoms with Crippen LogP contribution in [0.1, 0.15) is 107 Å². The Labute approximate surface area is 346 Å².